The van der Waals surface area contributed by atoms with Crippen molar-refractivity contribution < 1.29 is 9.53 Å². The maximum absolute atomic E-state index is 11.6. The summed E-state index contributed by atoms with van der Waals surface area (Å²) in [7, 11) is 0. The Morgan fingerprint density at radius 1 is 1.30 bits per heavy atom. The van der Waals surface area contributed by atoms with Gasteiger partial charge in [-0.1, -0.05) is 24.7 Å². The summed E-state index contributed by atoms with van der Waals surface area (Å²) in [6, 6.07) is 8.00. The van der Waals surface area contributed by atoms with E-state index in [1.54, 1.807) is 6.92 Å². The minimum atomic E-state index is 0.0909. The normalized spacial score (nSPS) is 11.1. The van der Waals surface area contributed by atoms with E-state index in [0.717, 1.165) is 52.0 Å². The zero-order chi connectivity index (χ0) is 16.4. The van der Waals surface area contributed by atoms with Crippen molar-refractivity contribution in [3.63, 3.8) is 0 Å². The first-order chi connectivity index (χ1) is 11.1. The fraction of sp³-hybridized carbons (Fsp3) is 0.333. The molecule has 0 spiro atoms. The molecule has 0 radical (unpaired) electrons. The van der Waals surface area contributed by atoms with Crippen LogP contribution in [0.2, 0.25) is 0 Å². The number of thiazole rings is 1. The lowest BCUT2D eigenvalue weighted by molar-refractivity contribution is 0.102. The second-order valence-electron chi connectivity index (χ2n) is 5.58. The van der Waals surface area contributed by atoms with Crippen LogP contribution < -0.4 is 4.74 Å². The summed E-state index contributed by atoms with van der Waals surface area (Å²) in [6.07, 6.45) is 4.18. The van der Waals surface area contributed by atoms with E-state index in [1.807, 2.05) is 41.8 Å². The molecule has 23 heavy (non-hydrogen) atoms. The van der Waals surface area contributed by atoms with Crippen molar-refractivity contribution in [2.75, 3.05) is 6.61 Å². The number of hydrogen-bond acceptors (Lipinski definition) is 4. The predicted octanol–water partition coefficient (Wildman–Crippen LogP) is 4.75. The molecule has 0 aliphatic rings. The molecule has 0 aliphatic carbocycles. The number of nitrogens with zero attached hydrogens (tertiary/aromatic N) is 2. The number of ether oxygens (including phenoxy) is 1. The number of aryl methyl sites for hydroxylation is 1. The van der Waals surface area contributed by atoms with Crippen molar-refractivity contribution in [2.45, 2.75) is 33.6 Å². The summed E-state index contributed by atoms with van der Waals surface area (Å²) in [5, 5.41) is 0. The molecule has 0 atom stereocenters. The standard InChI is InChI=1S/C18H20N2O2S/c1-4-5-10-22-15-8-6-14(7-9-15)16-11-20-12(2)17(13(3)21)23-18(20)19-16/h6-9,11H,4-5,10H2,1-3H3. The number of rotatable bonds is 6. The molecular weight excluding hydrogens is 308 g/mol. The number of aromatic nitrogens is 2. The van der Waals surface area contributed by atoms with Gasteiger partial charge < -0.3 is 4.74 Å². The largest absolute Gasteiger partial charge is 0.494 e. The van der Waals surface area contributed by atoms with E-state index >= 15 is 0 Å². The molecule has 3 aromatic rings. The highest BCUT2D eigenvalue weighted by molar-refractivity contribution is 7.19. The molecule has 2 aromatic heterocycles. The fourth-order valence-corrected chi connectivity index (χ4v) is 3.48. The molecule has 3 rings (SSSR count). The molecule has 0 bridgehead atoms. The van der Waals surface area contributed by atoms with Crippen molar-refractivity contribution in [3.05, 3.63) is 41.0 Å². The lowest BCUT2D eigenvalue weighted by atomic mass is 10.1. The second kappa shape index (κ2) is 6.54. The van der Waals surface area contributed by atoms with Crippen LogP contribution in [-0.2, 0) is 0 Å². The Morgan fingerprint density at radius 2 is 2.04 bits per heavy atom. The minimum absolute atomic E-state index is 0.0909. The number of unbranched alkanes of at least 4 members (excludes halogenated alkanes) is 1. The van der Waals surface area contributed by atoms with Gasteiger partial charge in [0.2, 0.25) is 0 Å². The molecule has 120 valence electrons. The second-order valence-corrected chi connectivity index (χ2v) is 6.56. The Kier molecular flexibility index (Phi) is 4.48. The zero-order valence-electron chi connectivity index (χ0n) is 13.6. The minimum Gasteiger partial charge on any atom is -0.494 e. The SMILES string of the molecule is CCCCOc1ccc(-c2cn3c(C)c(C(C)=O)sc3n2)cc1. The van der Waals surface area contributed by atoms with Gasteiger partial charge in [-0.3, -0.25) is 9.20 Å². The van der Waals surface area contributed by atoms with Gasteiger partial charge in [-0.2, -0.15) is 0 Å². The molecule has 5 heteroatoms. The van der Waals surface area contributed by atoms with Gasteiger partial charge in [0.15, 0.2) is 10.7 Å². The van der Waals surface area contributed by atoms with Crippen LogP contribution in [0.1, 0.15) is 42.1 Å². The summed E-state index contributed by atoms with van der Waals surface area (Å²) in [4.78, 5) is 17.9. The van der Waals surface area contributed by atoms with E-state index < -0.39 is 0 Å². The molecule has 0 N–H and O–H groups in total. The molecular formula is C18H20N2O2S. The molecule has 0 saturated heterocycles. The Bertz CT molecular complexity index is 831. The van der Waals surface area contributed by atoms with Gasteiger partial charge in [-0.05, 0) is 37.6 Å². The molecule has 0 aliphatic heterocycles. The van der Waals surface area contributed by atoms with Crippen LogP contribution in [0.5, 0.6) is 5.75 Å². The smallest absolute Gasteiger partial charge is 0.195 e. The number of carbonyl (C=O) groups excluding carboxylic acids is 1. The van der Waals surface area contributed by atoms with Crippen LogP contribution in [0.4, 0.5) is 0 Å². The van der Waals surface area contributed by atoms with E-state index in [9.17, 15) is 4.79 Å². The molecule has 0 amide bonds. The van der Waals surface area contributed by atoms with Gasteiger partial charge in [-0.25, -0.2) is 4.98 Å². The van der Waals surface area contributed by atoms with E-state index in [0.29, 0.717) is 0 Å². The van der Waals surface area contributed by atoms with Crippen LogP contribution in [-0.4, -0.2) is 21.8 Å². The first kappa shape index (κ1) is 15.7. The number of Topliss-reactive ketones (excluding diaryl/α,β-unsaturated/α-hetero) is 1. The number of fused-ring (bicyclic) bond motifs is 1. The summed E-state index contributed by atoms with van der Waals surface area (Å²) >= 11 is 1.44. The van der Waals surface area contributed by atoms with Crippen LogP contribution in [0, 0.1) is 6.92 Å². The quantitative estimate of drug-likeness (QED) is 0.484. The van der Waals surface area contributed by atoms with Crippen LogP contribution in [0.25, 0.3) is 16.2 Å². The maximum Gasteiger partial charge on any atom is 0.195 e. The third-order valence-electron chi connectivity index (χ3n) is 3.79. The van der Waals surface area contributed by atoms with Gasteiger partial charge in [0.05, 0.1) is 17.2 Å². The van der Waals surface area contributed by atoms with Gasteiger partial charge in [0.25, 0.3) is 0 Å². The third kappa shape index (κ3) is 3.15. The van der Waals surface area contributed by atoms with Gasteiger partial charge >= 0.3 is 0 Å². The number of imidazole rings is 1. The van der Waals surface area contributed by atoms with Crippen LogP contribution in [0.3, 0.4) is 0 Å². The van der Waals surface area contributed by atoms with Crippen LogP contribution in [0.15, 0.2) is 30.5 Å². The Morgan fingerprint density at radius 3 is 2.65 bits per heavy atom. The molecule has 0 saturated carbocycles. The molecule has 0 fully saturated rings. The third-order valence-corrected chi connectivity index (χ3v) is 5.05. The Balaban J connectivity index is 1.84. The topological polar surface area (TPSA) is 43.6 Å². The highest BCUT2D eigenvalue weighted by atomic mass is 32.1. The Labute approximate surface area is 139 Å². The van der Waals surface area contributed by atoms with E-state index in [-0.39, 0.29) is 5.78 Å². The predicted molar refractivity (Wildman–Crippen MR) is 93.6 cm³/mol. The summed E-state index contributed by atoms with van der Waals surface area (Å²) < 4.78 is 7.67. The van der Waals surface area contributed by atoms with E-state index in [2.05, 4.69) is 11.9 Å². The van der Waals surface area contributed by atoms with E-state index in [4.69, 9.17) is 4.74 Å². The highest BCUT2D eigenvalue weighted by Gasteiger charge is 2.15. The van der Waals surface area contributed by atoms with Gasteiger partial charge in [0, 0.05) is 24.4 Å². The zero-order valence-corrected chi connectivity index (χ0v) is 14.4. The van der Waals surface area contributed by atoms with Gasteiger partial charge in [0.1, 0.15) is 5.75 Å². The number of carbonyl (C=O) groups is 1. The average Bonchev–Trinajstić information content (AvgIpc) is 3.08. The summed E-state index contributed by atoms with van der Waals surface area (Å²) in [5.74, 6) is 0.978. The van der Waals surface area contributed by atoms with Crippen molar-refractivity contribution >= 4 is 22.1 Å². The number of hydrogen-bond donors (Lipinski definition) is 0. The lowest BCUT2D eigenvalue weighted by Gasteiger charge is -2.05. The fourth-order valence-electron chi connectivity index (χ4n) is 2.47. The van der Waals surface area contributed by atoms with Crippen LogP contribution >= 0.6 is 11.3 Å². The number of ketones is 1. The summed E-state index contributed by atoms with van der Waals surface area (Å²) in [6.45, 7) is 6.45. The van der Waals surface area contributed by atoms with Crippen molar-refractivity contribution in [2.24, 2.45) is 0 Å². The maximum atomic E-state index is 11.6. The first-order valence-electron chi connectivity index (χ1n) is 7.82. The average molecular weight is 328 g/mol. The van der Waals surface area contributed by atoms with Crippen molar-refractivity contribution in [3.8, 4) is 17.0 Å². The highest BCUT2D eigenvalue weighted by Crippen LogP contribution is 2.28. The molecule has 1 aromatic carbocycles. The Hall–Kier alpha value is -2.14. The van der Waals surface area contributed by atoms with Crippen molar-refractivity contribution in [1.82, 2.24) is 9.38 Å². The van der Waals surface area contributed by atoms with Gasteiger partial charge in [-0.15, -0.1) is 0 Å². The van der Waals surface area contributed by atoms with E-state index in [1.165, 1.54) is 11.3 Å². The number of benzene rings is 1. The molecule has 4 nitrogen and oxygen atoms in total. The summed E-state index contributed by atoms with van der Waals surface area (Å²) in [5.41, 5.74) is 2.91. The molecule has 0 unspecified atom stereocenters. The monoisotopic (exact) mass is 328 g/mol. The first-order valence-corrected chi connectivity index (χ1v) is 8.64. The van der Waals surface area contributed by atoms with Crippen molar-refractivity contribution in [1.29, 1.82) is 0 Å². The lowest BCUT2D eigenvalue weighted by Crippen LogP contribution is -1.95. The molecule has 2 heterocycles.